The summed E-state index contributed by atoms with van der Waals surface area (Å²) in [5.74, 6) is -2.17. The van der Waals surface area contributed by atoms with Crippen molar-refractivity contribution in [3.63, 3.8) is 0 Å². The summed E-state index contributed by atoms with van der Waals surface area (Å²) in [6, 6.07) is 1.87. The van der Waals surface area contributed by atoms with Crippen LogP contribution >= 0.6 is 0 Å². The Kier molecular flexibility index (Phi) is 3.82. The molecule has 0 unspecified atom stereocenters. The van der Waals surface area contributed by atoms with E-state index in [2.05, 4.69) is 10.3 Å². The number of aromatic nitrogens is 1. The van der Waals surface area contributed by atoms with Crippen molar-refractivity contribution in [1.82, 2.24) is 10.3 Å². The van der Waals surface area contributed by atoms with Gasteiger partial charge in [0.2, 0.25) is 5.91 Å². The van der Waals surface area contributed by atoms with Gasteiger partial charge in [-0.15, -0.1) is 0 Å². The van der Waals surface area contributed by atoms with Crippen LogP contribution in [0.15, 0.2) is 30.6 Å². The SMILES string of the molecule is O=C(O)[C@H]1CC=CC[C@H]1C(=O)NCc1cc[nH]c1. The van der Waals surface area contributed by atoms with Gasteiger partial charge in [-0.25, -0.2) is 0 Å². The van der Waals surface area contributed by atoms with E-state index >= 15 is 0 Å². The number of H-pyrrole nitrogens is 1. The highest BCUT2D eigenvalue weighted by atomic mass is 16.4. The van der Waals surface area contributed by atoms with E-state index in [1.807, 2.05) is 18.2 Å². The molecule has 1 aromatic rings. The first-order valence-electron chi connectivity index (χ1n) is 5.95. The molecule has 5 heteroatoms. The molecule has 0 aromatic carbocycles. The van der Waals surface area contributed by atoms with Crippen LogP contribution in [0, 0.1) is 11.8 Å². The van der Waals surface area contributed by atoms with Crippen molar-refractivity contribution in [3.8, 4) is 0 Å². The van der Waals surface area contributed by atoms with E-state index < -0.39 is 17.8 Å². The molecule has 2 atom stereocenters. The van der Waals surface area contributed by atoms with Crippen molar-refractivity contribution in [2.24, 2.45) is 11.8 Å². The van der Waals surface area contributed by atoms with Crippen molar-refractivity contribution in [2.75, 3.05) is 0 Å². The van der Waals surface area contributed by atoms with Crippen molar-refractivity contribution < 1.29 is 14.7 Å². The van der Waals surface area contributed by atoms with Gasteiger partial charge in [0, 0.05) is 18.9 Å². The smallest absolute Gasteiger partial charge is 0.307 e. The zero-order chi connectivity index (χ0) is 13.0. The Bertz CT molecular complexity index is 451. The first-order valence-corrected chi connectivity index (χ1v) is 5.95. The second kappa shape index (κ2) is 5.53. The number of hydrogen-bond donors (Lipinski definition) is 3. The standard InChI is InChI=1S/C13H16N2O3/c16-12(15-8-9-5-6-14-7-9)10-3-1-2-4-11(10)13(17)18/h1-2,5-7,10-11,14H,3-4,8H2,(H,15,16)(H,17,18)/t10-,11+/m1/s1. The summed E-state index contributed by atoms with van der Waals surface area (Å²) in [4.78, 5) is 26.0. The molecular formula is C13H16N2O3. The third-order valence-electron chi connectivity index (χ3n) is 3.22. The Morgan fingerprint density at radius 1 is 1.33 bits per heavy atom. The summed E-state index contributed by atoms with van der Waals surface area (Å²) in [5.41, 5.74) is 0.974. The molecule has 0 saturated heterocycles. The lowest BCUT2D eigenvalue weighted by Gasteiger charge is -2.24. The number of carbonyl (C=O) groups excluding carboxylic acids is 1. The predicted molar refractivity (Wildman–Crippen MR) is 65.6 cm³/mol. The van der Waals surface area contributed by atoms with E-state index in [0.29, 0.717) is 19.4 Å². The van der Waals surface area contributed by atoms with Crippen molar-refractivity contribution in [2.45, 2.75) is 19.4 Å². The molecule has 0 bridgehead atoms. The molecule has 0 radical (unpaired) electrons. The van der Waals surface area contributed by atoms with E-state index in [1.54, 1.807) is 12.4 Å². The number of aromatic amines is 1. The number of allylic oxidation sites excluding steroid dienone is 2. The Morgan fingerprint density at radius 2 is 2.06 bits per heavy atom. The van der Waals surface area contributed by atoms with Gasteiger partial charge < -0.3 is 15.4 Å². The predicted octanol–water partition coefficient (Wildman–Crippen LogP) is 1.30. The summed E-state index contributed by atoms with van der Waals surface area (Å²) in [7, 11) is 0. The quantitative estimate of drug-likeness (QED) is 0.702. The molecule has 1 amide bonds. The highest BCUT2D eigenvalue weighted by molar-refractivity contribution is 5.85. The van der Waals surface area contributed by atoms with Crippen LogP contribution < -0.4 is 5.32 Å². The maximum Gasteiger partial charge on any atom is 0.307 e. The zero-order valence-corrected chi connectivity index (χ0v) is 9.93. The van der Waals surface area contributed by atoms with Gasteiger partial charge in [-0.05, 0) is 24.5 Å². The van der Waals surface area contributed by atoms with Crippen molar-refractivity contribution >= 4 is 11.9 Å². The number of rotatable bonds is 4. The van der Waals surface area contributed by atoms with E-state index in [-0.39, 0.29) is 5.91 Å². The van der Waals surface area contributed by atoms with E-state index in [9.17, 15) is 9.59 Å². The lowest BCUT2D eigenvalue weighted by molar-refractivity contribution is -0.147. The second-order valence-electron chi connectivity index (χ2n) is 4.43. The highest BCUT2D eigenvalue weighted by Crippen LogP contribution is 2.26. The summed E-state index contributed by atoms with van der Waals surface area (Å²) in [5, 5.41) is 11.9. The van der Waals surface area contributed by atoms with Gasteiger partial charge in [0.05, 0.1) is 11.8 Å². The van der Waals surface area contributed by atoms with Crippen LogP contribution in [0.25, 0.3) is 0 Å². The van der Waals surface area contributed by atoms with Gasteiger partial charge in [-0.2, -0.15) is 0 Å². The fourth-order valence-corrected chi connectivity index (χ4v) is 2.17. The third-order valence-corrected chi connectivity index (χ3v) is 3.22. The van der Waals surface area contributed by atoms with E-state index in [4.69, 9.17) is 5.11 Å². The molecular weight excluding hydrogens is 232 g/mol. The third kappa shape index (κ3) is 2.80. The normalized spacial score (nSPS) is 22.7. The summed E-state index contributed by atoms with van der Waals surface area (Å²) < 4.78 is 0. The summed E-state index contributed by atoms with van der Waals surface area (Å²) >= 11 is 0. The first kappa shape index (κ1) is 12.4. The molecule has 96 valence electrons. The van der Waals surface area contributed by atoms with E-state index in [1.165, 1.54) is 0 Å². The molecule has 0 spiro atoms. The average molecular weight is 248 g/mol. The van der Waals surface area contributed by atoms with Crippen LogP contribution in [0.3, 0.4) is 0 Å². The van der Waals surface area contributed by atoms with Crippen LogP contribution in [-0.4, -0.2) is 22.0 Å². The topological polar surface area (TPSA) is 82.2 Å². The lowest BCUT2D eigenvalue weighted by Crippen LogP contribution is -2.38. The summed E-state index contributed by atoms with van der Waals surface area (Å²) in [6.45, 7) is 0.425. The van der Waals surface area contributed by atoms with Gasteiger partial charge >= 0.3 is 5.97 Å². The van der Waals surface area contributed by atoms with Gasteiger partial charge in [0.1, 0.15) is 0 Å². The second-order valence-corrected chi connectivity index (χ2v) is 4.43. The molecule has 18 heavy (non-hydrogen) atoms. The Morgan fingerprint density at radius 3 is 2.67 bits per heavy atom. The van der Waals surface area contributed by atoms with Crippen LogP contribution in [0.5, 0.6) is 0 Å². The largest absolute Gasteiger partial charge is 0.481 e. The van der Waals surface area contributed by atoms with Crippen LogP contribution in [0.2, 0.25) is 0 Å². The van der Waals surface area contributed by atoms with Crippen LogP contribution in [-0.2, 0) is 16.1 Å². The molecule has 1 heterocycles. The number of carboxylic acids is 1. The molecule has 0 fully saturated rings. The Balaban J connectivity index is 1.94. The fraction of sp³-hybridized carbons (Fsp3) is 0.385. The van der Waals surface area contributed by atoms with Gasteiger partial charge in [-0.3, -0.25) is 9.59 Å². The van der Waals surface area contributed by atoms with Crippen molar-refractivity contribution in [3.05, 3.63) is 36.2 Å². The molecule has 0 saturated carbocycles. The van der Waals surface area contributed by atoms with Gasteiger partial charge in [0.15, 0.2) is 0 Å². The maximum absolute atomic E-state index is 12.0. The Labute approximate surface area is 105 Å². The number of nitrogens with one attached hydrogen (secondary N) is 2. The minimum Gasteiger partial charge on any atom is -0.481 e. The molecule has 5 nitrogen and oxygen atoms in total. The highest BCUT2D eigenvalue weighted by Gasteiger charge is 2.33. The molecule has 3 N–H and O–H groups in total. The lowest BCUT2D eigenvalue weighted by atomic mass is 9.82. The molecule has 1 aromatic heterocycles. The van der Waals surface area contributed by atoms with Crippen molar-refractivity contribution in [1.29, 1.82) is 0 Å². The first-order chi connectivity index (χ1) is 8.68. The zero-order valence-electron chi connectivity index (χ0n) is 9.93. The Hall–Kier alpha value is -2.04. The van der Waals surface area contributed by atoms with Gasteiger partial charge in [0.25, 0.3) is 0 Å². The molecule has 0 aliphatic heterocycles. The summed E-state index contributed by atoms with van der Waals surface area (Å²) in [6.07, 6.45) is 8.21. The minimum atomic E-state index is -0.902. The van der Waals surface area contributed by atoms with E-state index in [0.717, 1.165) is 5.56 Å². The van der Waals surface area contributed by atoms with Crippen LogP contribution in [0.1, 0.15) is 18.4 Å². The number of hydrogen-bond acceptors (Lipinski definition) is 2. The molecule has 1 aliphatic carbocycles. The van der Waals surface area contributed by atoms with Crippen LogP contribution in [0.4, 0.5) is 0 Å². The minimum absolute atomic E-state index is 0.187. The number of amides is 1. The number of carboxylic acid groups (broad SMARTS) is 1. The fourth-order valence-electron chi connectivity index (χ4n) is 2.17. The molecule has 1 aliphatic rings. The number of aliphatic carboxylic acids is 1. The monoisotopic (exact) mass is 248 g/mol. The van der Waals surface area contributed by atoms with Gasteiger partial charge in [-0.1, -0.05) is 12.2 Å². The molecule has 2 rings (SSSR count). The maximum atomic E-state index is 12.0. The average Bonchev–Trinajstić information content (AvgIpc) is 2.89. The number of carbonyl (C=O) groups is 2.